The van der Waals surface area contributed by atoms with E-state index in [2.05, 4.69) is 57.8 Å². The van der Waals surface area contributed by atoms with Crippen LogP contribution in [0.2, 0.25) is 0 Å². The van der Waals surface area contributed by atoms with E-state index < -0.39 is 0 Å². The van der Waals surface area contributed by atoms with Crippen molar-refractivity contribution in [2.24, 2.45) is 16.8 Å². The van der Waals surface area contributed by atoms with Crippen molar-refractivity contribution >= 4 is 35.8 Å². The second-order valence-electron chi connectivity index (χ2n) is 10.0. The molecule has 1 amide bonds. The van der Waals surface area contributed by atoms with Crippen LogP contribution in [0.1, 0.15) is 51.0 Å². The van der Waals surface area contributed by atoms with Crippen molar-refractivity contribution in [1.29, 1.82) is 0 Å². The third kappa shape index (κ3) is 6.59. The zero-order valence-electron chi connectivity index (χ0n) is 19.8. The van der Waals surface area contributed by atoms with Crippen molar-refractivity contribution in [3.8, 4) is 0 Å². The highest BCUT2D eigenvalue weighted by atomic mass is 127. The predicted octanol–water partition coefficient (Wildman–Crippen LogP) is 3.47. The maximum Gasteiger partial charge on any atom is 0.243 e. The van der Waals surface area contributed by atoms with Gasteiger partial charge in [-0.3, -0.25) is 9.69 Å². The van der Waals surface area contributed by atoms with E-state index in [9.17, 15) is 4.79 Å². The molecule has 1 heterocycles. The molecule has 3 aliphatic rings. The summed E-state index contributed by atoms with van der Waals surface area (Å²) in [6.07, 6.45) is 7.51. The lowest BCUT2D eigenvalue weighted by atomic mass is 9.95. The number of halogens is 1. The van der Waals surface area contributed by atoms with Crippen LogP contribution in [-0.4, -0.2) is 67.0 Å². The Morgan fingerprint density at radius 2 is 1.88 bits per heavy atom. The third-order valence-electron chi connectivity index (χ3n) is 7.51. The van der Waals surface area contributed by atoms with E-state index in [1.165, 1.54) is 31.2 Å². The van der Waals surface area contributed by atoms with Gasteiger partial charge in [-0.1, -0.05) is 36.8 Å². The van der Waals surface area contributed by atoms with Crippen LogP contribution in [0.3, 0.4) is 0 Å². The van der Waals surface area contributed by atoms with Crippen molar-refractivity contribution in [1.82, 2.24) is 20.4 Å². The Kier molecular flexibility index (Phi) is 9.22. The van der Waals surface area contributed by atoms with Gasteiger partial charge in [0.15, 0.2) is 5.96 Å². The monoisotopic (exact) mass is 553 g/mol. The molecule has 1 saturated heterocycles. The van der Waals surface area contributed by atoms with Gasteiger partial charge in [0.25, 0.3) is 0 Å². The molecule has 1 aliphatic heterocycles. The number of guanidine groups is 1. The first-order valence-electron chi connectivity index (χ1n) is 12.0. The number of nitrogens with zero attached hydrogens (tertiary/aromatic N) is 3. The molecule has 0 radical (unpaired) electrons. The minimum Gasteiger partial charge on any atom is -0.354 e. The summed E-state index contributed by atoms with van der Waals surface area (Å²) < 4.78 is 0. The molecule has 5 unspecified atom stereocenters. The number of amides is 1. The molecule has 1 aromatic carbocycles. The van der Waals surface area contributed by atoms with Crippen LogP contribution in [0.25, 0.3) is 0 Å². The standard InChI is InChI=1S/C25H39N5O.HI/c1-18-13-22(11-12-30(18)17-19-7-5-4-6-8-19)27-25(26-16-24(31)29(2)3)28-23-15-20-9-10-21(23)14-20;/h4-8,18,20-23H,9-17H2,1-3H3,(H2,26,27,28);1H. The minimum absolute atomic E-state index is 0. The first-order chi connectivity index (χ1) is 15.0. The fourth-order valence-corrected chi connectivity index (χ4v) is 5.62. The summed E-state index contributed by atoms with van der Waals surface area (Å²) in [5, 5.41) is 7.40. The molecule has 32 heavy (non-hydrogen) atoms. The largest absolute Gasteiger partial charge is 0.354 e. The predicted molar refractivity (Wildman–Crippen MR) is 141 cm³/mol. The Balaban J connectivity index is 0.00000289. The van der Waals surface area contributed by atoms with E-state index in [-0.39, 0.29) is 36.4 Å². The van der Waals surface area contributed by atoms with E-state index in [4.69, 9.17) is 0 Å². The molecule has 2 aliphatic carbocycles. The molecule has 0 aromatic heterocycles. The average Bonchev–Trinajstić information content (AvgIpc) is 3.37. The number of aliphatic imine (C=N–C) groups is 1. The third-order valence-corrected chi connectivity index (χ3v) is 7.51. The Morgan fingerprint density at radius 1 is 1.09 bits per heavy atom. The van der Waals surface area contributed by atoms with Gasteiger partial charge in [0.1, 0.15) is 6.54 Å². The normalized spacial score (nSPS) is 30.0. The molecular formula is C25H40IN5O. The van der Waals surface area contributed by atoms with Crippen molar-refractivity contribution in [2.45, 2.75) is 70.1 Å². The molecule has 6 nitrogen and oxygen atoms in total. The highest BCUT2D eigenvalue weighted by molar-refractivity contribution is 14.0. The zero-order valence-corrected chi connectivity index (χ0v) is 22.1. The van der Waals surface area contributed by atoms with Crippen LogP contribution in [0.4, 0.5) is 0 Å². The highest BCUT2D eigenvalue weighted by Crippen LogP contribution is 2.44. The summed E-state index contributed by atoms with van der Waals surface area (Å²) in [6.45, 7) is 4.61. The summed E-state index contributed by atoms with van der Waals surface area (Å²) in [4.78, 5) is 21.0. The Hall–Kier alpha value is -1.35. The summed E-state index contributed by atoms with van der Waals surface area (Å²) in [6, 6.07) is 12.1. The molecule has 5 atom stereocenters. The lowest BCUT2D eigenvalue weighted by Crippen LogP contribution is -2.53. The average molecular weight is 554 g/mol. The molecule has 1 aromatic rings. The number of rotatable bonds is 6. The van der Waals surface area contributed by atoms with Crippen LogP contribution < -0.4 is 10.6 Å². The minimum atomic E-state index is 0. The number of likely N-dealkylation sites (tertiary alicyclic amines) is 1. The second kappa shape index (κ2) is 11.7. The molecule has 2 N–H and O–H groups in total. The molecule has 2 saturated carbocycles. The van der Waals surface area contributed by atoms with Crippen LogP contribution in [0.15, 0.2) is 35.3 Å². The number of hydrogen-bond acceptors (Lipinski definition) is 3. The lowest BCUT2D eigenvalue weighted by molar-refractivity contribution is -0.127. The summed E-state index contributed by atoms with van der Waals surface area (Å²) >= 11 is 0. The molecule has 2 bridgehead atoms. The molecule has 3 fully saturated rings. The topological polar surface area (TPSA) is 60.0 Å². The smallest absolute Gasteiger partial charge is 0.243 e. The maximum atomic E-state index is 12.1. The van der Waals surface area contributed by atoms with Crippen LogP contribution in [-0.2, 0) is 11.3 Å². The fourth-order valence-electron chi connectivity index (χ4n) is 5.62. The summed E-state index contributed by atoms with van der Waals surface area (Å²) in [7, 11) is 3.58. The maximum absolute atomic E-state index is 12.1. The van der Waals surface area contributed by atoms with E-state index in [0.29, 0.717) is 18.1 Å². The zero-order chi connectivity index (χ0) is 21.8. The first-order valence-corrected chi connectivity index (χ1v) is 12.0. The van der Waals surface area contributed by atoms with E-state index >= 15 is 0 Å². The first kappa shape index (κ1) is 25.3. The Morgan fingerprint density at radius 3 is 2.50 bits per heavy atom. The number of benzene rings is 1. The quantitative estimate of drug-likeness (QED) is 0.322. The number of carbonyl (C=O) groups excluding carboxylic acids is 1. The number of hydrogen-bond donors (Lipinski definition) is 2. The SMILES string of the molecule is CC1CC(NC(=NCC(=O)N(C)C)NC2CC3CCC2C3)CCN1Cc1ccccc1.I. The van der Waals surface area contributed by atoms with Crippen molar-refractivity contribution in [2.75, 3.05) is 27.2 Å². The summed E-state index contributed by atoms with van der Waals surface area (Å²) in [5.41, 5.74) is 1.38. The van der Waals surface area contributed by atoms with Gasteiger partial charge in [-0.25, -0.2) is 4.99 Å². The van der Waals surface area contributed by atoms with Crippen molar-refractivity contribution in [3.05, 3.63) is 35.9 Å². The van der Waals surface area contributed by atoms with Gasteiger partial charge in [0.2, 0.25) is 5.91 Å². The van der Waals surface area contributed by atoms with E-state index in [1.54, 1.807) is 19.0 Å². The van der Waals surface area contributed by atoms with Gasteiger partial charge in [-0.05, 0) is 56.4 Å². The molecule has 4 rings (SSSR count). The lowest BCUT2D eigenvalue weighted by Gasteiger charge is -2.39. The van der Waals surface area contributed by atoms with E-state index in [0.717, 1.165) is 43.7 Å². The number of likely N-dealkylation sites (N-methyl/N-ethyl adjacent to an activating group) is 1. The van der Waals surface area contributed by atoms with Crippen LogP contribution in [0, 0.1) is 11.8 Å². The molecule has 0 spiro atoms. The summed E-state index contributed by atoms with van der Waals surface area (Å²) in [5.74, 6) is 2.53. The van der Waals surface area contributed by atoms with Gasteiger partial charge in [-0.15, -0.1) is 24.0 Å². The second-order valence-corrected chi connectivity index (χ2v) is 10.0. The highest BCUT2D eigenvalue weighted by Gasteiger charge is 2.40. The number of carbonyl (C=O) groups is 1. The number of piperidine rings is 1. The fraction of sp³-hybridized carbons (Fsp3) is 0.680. The van der Waals surface area contributed by atoms with Crippen molar-refractivity contribution in [3.63, 3.8) is 0 Å². The molecule has 178 valence electrons. The number of nitrogens with one attached hydrogen (secondary N) is 2. The van der Waals surface area contributed by atoms with Crippen LogP contribution >= 0.6 is 24.0 Å². The van der Waals surface area contributed by atoms with E-state index in [1.807, 2.05) is 0 Å². The van der Waals surface area contributed by atoms with Gasteiger partial charge in [-0.2, -0.15) is 0 Å². The van der Waals surface area contributed by atoms with Gasteiger partial charge < -0.3 is 15.5 Å². The van der Waals surface area contributed by atoms with Gasteiger partial charge in [0.05, 0.1) is 0 Å². The Bertz CT molecular complexity index is 771. The van der Waals surface area contributed by atoms with Crippen LogP contribution in [0.5, 0.6) is 0 Å². The molecular weight excluding hydrogens is 513 g/mol. The molecule has 7 heteroatoms. The van der Waals surface area contributed by atoms with Gasteiger partial charge >= 0.3 is 0 Å². The Labute approximate surface area is 210 Å². The van der Waals surface area contributed by atoms with Crippen molar-refractivity contribution < 1.29 is 4.79 Å². The number of fused-ring (bicyclic) bond motifs is 2. The van der Waals surface area contributed by atoms with Gasteiger partial charge in [0, 0.05) is 45.3 Å².